The fourth-order valence-electron chi connectivity index (χ4n) is 1.97. The smallest absolute Gasteiger partial charge is 0.333 e. The summed E-state index contributed by atoms with van der Waals surface area (Å²) in [7, 11) is 0. The molecule has 114 valence electrons. The number of esters is 1. The van der Waals surface area contributed by atoms with Crippen molar-refractivity contribution < 1.29 is 19.0 Å². The van der Waals surface area contributed by atoms with E-state index in [0.717, 1.165) is 5.56 Å². The number of rotatable bonds is 3. The van der Waals surface area contributed by atoms with Gasteiger partial charge >= 0.3 is 5.97 Å². The average molecular weight is 319 g/mol. The van der Waals surface area contributed by atoms with E-state index in [1.54, 1.807) is 25.1 Å². The first-order valence-corrected chi connectivity index (χ1v) is 7.46. The first kappa shape index (κ1) is 14.4. The van der Waals surface area contributed by atoms with Crippen molar-refractivity contribution in [3.05, 3.63) is 43.3 Å². The Morgan fingerprint density at radius 3 is 3.05 bits per heavy atom. The number of benzene rings is 1. The van der Waals surface area contributed by atoms with Crippen LogP contribution in [0.5, 0.6) is 11.5 Å². The third-order valence-electron chi connectivity index (χ3n) is 2.91. The van der Waals surface area contributed by atoms with E-state index in [9.17, 15) is 9.59 Å². The largest absolute Gasteiger partial charge is 0.463 e. The molecule has 1 N–H and O–H groups in total. The lowest BCUT2D eigenvalue weighted by atomic mass is 10.2. The van der Waals surface area contributed by atoms with Crippen molar-refractivity contribution in [3.8, 4) is 11.5 Å². The van der Waals surface area contributed by atoms with Crippen LogP contribution in [0.2, 0.25) is 0 Å². The second-order valence-electron chi connectivity index (χ2n) is 4.44. The Morgan fingerprint density at radius 2 is 2.23 bits per heavy atom. The minimum absolute atomic E-state index is 0.205. The van der Waals surface area contributed by atoms with Crippen LogP contribution in [0, 0.1) is 0 Å². The third kappa shape index (κ3) is 3.04. The minimum Gasteiger partial charge on any atom is -0.463 e. The molecule has 0 saturated carbocycles. The van der Waals surface area contributed by atoms with Gasteiger partial charge in [0.1, 0.15) is 4.66 Å². The second-order valence-corrected chi connectivity index (χ2v) is 5.52. The van der Waals surface area contributed by atoms with E-state index in [-0.39, 0.29) is 12.4 Å². The van der Waals surface area contributed by atoms with Gasteiger partial charge in [0, 0.05) is 0 Å². The predicted molar refractivity (Wildman–Crippen MR) is 81.4 cm³/mol. The summed E-state index contributed by atoms with van der Waals surface area (Å²) in [6.45, 7) is 2.22. The lowest BCUT2D eigenvalue weighted by Gasteiger charge is -1.96. The monoisotopic (exact) mass is 319 g/mol. The maximum atomic E-state index is 11.9. The Labute approximate surface area is 129 Å². The van der Waals surface area contributed by atoms with Crippen LogP contribution in [-0.2, 0) is 9.53 Å². The number of nitrogens with one attached hydrogen (secondary N) is 1. The highest BCUT2D eigenvalue weighted by Crippen LogP contribution is 2.32. The number of fused-ring (bicyclic) bond motifs is 1. The molecule has 0 fully saturated rings. The number of thiazole rings is 1. The van der Waals surface area contributed by atoms with Gasteiger partial charge in [-0.3, -0.25) is 4.79 Å². The summed E-state index contributed by atoms with van der Waals surface area (Å²) in [5.74, 6) is 0.864. The van der Waals surface area contributed by atoms with Crippen molar-refractivity contribution in [1.82, 2.24) is 4.98 Å². The van der Waals surface area contributed by atoms with Crippen LogP contribution in [0.3, 0.4) is 0 Å². The quantitative estimate of drug-likeness (QED) is 0.826. The Morgan fingerprint density at radius 1 is 1.41 bits per heavy atom. The van der Waals surface area contributed by atoms with Gasteiger partial charge < -0.3 is 19.2 Å². The number of carbonyl (C=O) groups is 1. The van der Waals surface area contributed by atoms with Crippen LogP contribution in [0.25, 0.3) is 12.2 Å². The molecule has 0 saturated heterocycles. The molecule has 1 aromatic heterocycles. The van der Waals surface area contributed by atoms with Crippen LogP contribution < -0.4 is 24.2 Å². The molecule has 0 radical (unpaired) electrons. The number of hydrogen-bond donors (Lipinski definition) is 1. The standard InChI is InChI=1S/C15H13NO5S/c1-2-19-14(17)7-13-16-15(18)12(22-13)6-9-3-4-10-11(5-9)21-8-20-10/h3-7H,2,8H2,1H3,(H,16,18)/b12-6-,13-7-. The van der Waals surface area contributed by atoms with Gasteiger partial charge in [-0.2, -0.15) is 0 Å². The molecular weight excluding hydrogens is 306 g/mol. The summed E-state index contributed by atoms with van der Waals surface area (Å²) in [4.78, 5) is 25.9. The van der Waals surface area contributed by atoms with Gasteiger partial charge in [-0.25, -0.2) is 4.79 Å². The Balaban J connectivity index is 1.97. The minimum atomic E-state index is -0.477. The lowest BCUT2D eigenvalue weighted by molar-refractivity contribution is -0.135. The fraction of sp³-hybridized carbons (Fsp3) is 0.200. The molecule has 2 aromatic rings. The van der Waals surface area contributed by atoms with Crippen LogP contribution in [0.4, 0.5) is 0 Å². The van der Waals surface area contributed by atoms with Gasteiger partial charge in [-0.15, -0.1) is 11.3 Å². The van der Waals surface area contributed by atoms with Gasteiger partial charge in [0.05, 0.1) is 17.2 Å². The van der Waals surface area contributed by atoms with Gasteiger partial charge in [0.2, 0.25) is 6.79 Å². The molecule has 7 heteroatoms. The Kier molecular flexibility index (Phi) is 3.97. The van der Waals surface area contributed by atoms with Crippen molar-refractivity contribution in [2.45, 2.75) is 6.92 Å². The molecule has 0 spiro atoms. The van der Waals surface area contributed by atoms with E-state index < -0.39 is 5.97 Å². The van der Waals surface area contributed by atoms with Crippen molar-refractivity contribution in [2.24, 2.45) is 0 Å². The second kappa shape index (κ2) is 6.07. The zero-order valence-electron chi connectivity index (χ0n) is 11.8. The van der Waals surface area contributed by atoms with E-state index >= 15 is 0 Å². The topological polar surface area (TPSA) is 77.6 Å². The molecular formula is C15H13NO5S. The van der Waals surface area contributed by atoms with Gasteiger partial charge in [-0.05, 0) is 30.7 Å². The highest BCUT2D eigenvalue weighted by molar-refractivity contribution is 7.07. The third-order valence-corrected chi connectivity index (χ3v) is 3.87. The molecule has 2 heterocycles. The number of aromatic nitrogens is 1. The Hall–Kier alpha value is -2.54. The summed E-state index contributed by atoms with van der Waals surface area (Å²) in [6.07, 6.45) is 3.00. The van der Waals surface area contributed by atoms with E-state index in [4.69, 9.17) is 14.2 Å². The van der Waals surface area contributed by atoms with Crippen molar-refractivity contribution >= 4 is 29.5 Å². The Bertz CT molecular complexity index is 880. The maximum Gasteiger partial charge on any atom is 0.333 e. The van der Waals surface area contributed by atoms with Crippen molar-refractivity contribution in [3.63, 3.8) is 0 Å². The molecule has 0 bridgehead atoms. The van der Waals surface area contributed by atoms with E-state index in [1.807, 2.05) is 6.07 Å². The molecule has 6 nitrogen and oxygen atoms in total. The molecule has 0 amide bonds. The van der Waals surface area contributed by atoms with E-state index in [2.05, 4.69) is 4.98 Å². The molecule has 0 atom stereocenters. The highest BCUT2D eigenvalue weighted by Gasteiger charge is 2.12. The number of ether oxygens (including phenoxy) is 3. The van der Waals surface area contributed by atoms with Crippen LogP contribution in [0.1, 0.15) is 12.5 Å². The SMILES string of the molecule is CCOC(=O)/C=c1/[nH]c(=O)/c(=C/c2ccc3c(c2)OCO3)s1. The highest BCUT2D eigenvalue weighted by atomic mass is 32.1. The number of hydrogen-bond acceptors (Lipinski definition) is 6. The molecule has 3 rings (SSSR count). The fourth-order valence-corrected chi connectivity index (χ4v) is 2.84. The lowest BCUT2D eigenvalue weighted by Crippen LogP contribution is -2.20. The van der Waals surface area contributed by atoms with Gasteiger partial charge in [0.15, 0.2) is 11.5 Å². The van der Waals surface area contributed by atoms with Crippen LogP contribution >= 0.6 is 11.3 Å². The summed E-state index contributed by atoms with van der Waals surface area (Å²) in [5, 5.41) is 0. The first-order valence-electron chi connectivity index (χ1n) is 6.64. The zero-order chi connectivity index (χ0) is 15.5. The average Bonchev–Trinajstić information content (AvgIpc) is 3.06. The van der Waals surface area contributed by atoms with Crippen molar-refractivity contribution in [1.29, 1.82) is 0 Å². The molecule has 1 aliphatic rings. The van der Waals surface area contributed by atoms with Crippen LogP contribution in [-0.4, -0.2) is 24.4 Å². The summed E-state index contributed by atoms with van der Waals surface area (Å²) >= 11 is 1.19. The predicted octanol–water partition coefficient (Wildman–Crippen LogP) is 0.338. The van der Waals surface area contributed by atoms with E-state index in [1.165, 1.54) is 17.4 Å². The molecule has 0 unspecified atom stereocenters. The van der Waals surface area contributed by atoms with E-state index in [0.29, 0.717) is 27.3 Å². The summed E-state index contributed by atoms with van der Waals surface area (Å²) in [5.41, 5.74) is 0.567. The van der Waals surface area contributed by atoms with Crippen molar-refractivity contribution in [2.75, 3.05) is 13.4 Å². The maximum absolute atomic E-state index is 11.9. The van der Waals surface area contributed by atoms with Crippen LogP contribution in [0.15, 0.2) is 23.0 Å². The number of H-pyrrole nitrogens is 1. The molecule has 1 aromatic carbocycles. The normalized spacial score (nSPS) is 14.4. The van der Waals surface area contributed by atoms with Gasteiger partial charge in [-0.1, -0.05) is 6.07 Å². The van der Waals surface area contributed by atoms with Gasteiger partial charge in [0.25, 0.3) is 5.56 Å². The first-order chi connectivity index (χ1) is 10.7. The molecule has 0 aliphatic carbocycles. The number of carbonyl (C=O) groups excluding carboxylic acids is 1. The summed E-state index contributed by atoms with van der Waals surface area (Å²) < 4.78 is 16.3. The zero-order valence-corrected chi connectivity index (χ0v) is 12.6. The molecule has 1 aliphatic heterocycles. The number of aromatic amines is 1. The molecule has 22 heavy (non-hydrogen) atoms. The summed E-state index contributed by atoms with van der Waals surface area (Å²) in [6, 6.07) is 5.43.